The third-order valence-electron chi connectivity index (χ3n) is 17.9. The van der Waals surface area contributed by atoms with Crippen LogP contribution in [0.1, 0.15) is 101 Å². The molecule has 0 spiro atoms. The maximum absolute atomic E-state index is 13.6. The third-order valence-corrected chi connectivity index (χ3v) is 20.6. The number of hydrazone groups is 5. The number of nitrogens with one attached hydrogen (secondary N) is 8. The Morgan fingerprint density at radius 2 is 0.707 bits per heavy atom. The maximum atomic E-state index is 13.6. The molecule has 0 unspecified atom stereocenters. The highest BCUT2D eigenvalue weighted by Crippen LogP contribution is 2.30. The van der Waals surface area contributed by atoms with Gasteiger partial charge in [-0.05, 0) is 328 Å². The van der Waals surface area contributed by atoms with Crippen molar-refractivity contribution in [3.05, 3.63) is 389 Å². The lowest BCUT2D eigenvalue weighted by atomic mass is 10.1. The number of hydrogen-bond acceptors (Lipinski definition) is 18. The van der Waals surface area contributed by atoms with E-state index in [1.54, 1.807) is 115 Å². The van der Waals surface area contributed by atoms with Crippen LogP contribution in [0.3, 0.4) is 0 Å². The highest BCUT2D eigenvalue weighted by molar-refractivity contribution is 7.91. The average molecular weight is 1920 g/mol. The standard InChI is InChI=1S/C22H21N3O3S2.C20H20F3N3OS.2C19H19F2N3OS.C17H16N4OS/c1-16(24-25-22(23)29)18-9-11-19(12-10-18)28-15-17-7-13-21(14-8-17)30(26,27)20-5-3-2-4-6-20;1-3-12-24-19(28)26-25-14(2)16-6-10-18(11-7-16)27-13-15-4-8-17(9-5-15)20(21,22)23;1-3-10-22-19(26)24-23-13(2)15-5-7-16(8-6-15)25-12-14-4-9-17(20)18(21)11-14;1-3-10-22-19(26)24-23-13(2)14-5-8-17(9-6-14)25-12-15-4-7-16(20)11-18(15)21;1-12(20-21-17(19)23)13-6-8-16(9-7-13)22-11-15-5-3-2-4-14(15)10-18/h2-14H,15H2,1H3,(H3,23,25,29);3-11H,1,12-13H2,2H3,(H2,24,26,28);2*3-9,11H,1,10,12H2,2H3,(H2,22,24,26);2-9H,11H2,1H3,(H3,19,21,23)/b24-16+;25-14+;2*23-13+;20-12+. The Bertz CT molecular complexity index is 6060. The summed E-state index contributed by atoms with van der Waals surface area (Å²) in [5.74, 6) is 0.194. The highest BCUT2D eigenvalue weighted by Gasteiger charge is 2.30. The van der Waals surface area contributed by atoms with Crippen LogP contribution >= 0.6 is 61.1 Å². The second kappa shape index (κ2) is 55.4. The molecule has 0 aliphatic heterocycles. The van der Waals surface area contributed by atoms with E-state index in [1.165, 1.54) is 30.3 Å². The molecule has 11 aromatic carbocycles. The van der Waals surface area contributed by atoms with E-state index in [4.69, 9.17) is 102 Å². The Hall–Kier alpha value is -14.6. The van der Waals surface area contributed by atoms with Crippen molar-refractivity contribution >= 4 is 125 Å². The number of alkyl halides is 3. The van der Waals surface area contributed by atoms with E-state index in [2.05, 4.69) is 94.4 Å². The van der Waals surface area contributed by atoms with Crippen LogP contribution in [0.25, 0.3) is 0 Å². The van der Waals surface area contributed by atoms with Crippen molar-refractivity contribution in [3.63, 3.8) is 0 Å². The molecular formula is C97H95F7N16O7S6. The number of nitrogens with zero attached hydrogens (tertiary/aromatic N) is 6. The van der Waals surface area contributed by atoms with Crippen LogP contribution in [-0.4, -0.2) is 82.2 Å². The number of nitrogens with two attached hydrogens (primary N) is 2. The monoisotopic (exact) mass is 1920 g/mol. The predicted octanol–water partition coefficient (Wildman–Crippen LogP) is 18.8. The molecule has 12 N–H and O–H groups in total. The summed E-state index contributed by atoms with van der Waals surface area (Å²) in [5, 5.41) is 40.0. The molecule has 0 fully saturated rings. The van der Waals surface area contributed by atoms with Gasteiger partial charge in [-0.3, -0.25) is 27.1 Å². The van der Waals surface area contributed by atoms with E-state index in [9.17, 15) is 39.2 Å². The molecule has 36 heteroatoms. The summed E-state index contributed by atoms with van der Waals surface area (Å²) >= 11 is 24.6. The SMILES string of the molecule is C/C(=N\NC(N)=S)c1ccc(OCc2ccc(S(=O)(=O)c3ccccc3)cc2)cc1.C/C(=N\NC(N)=S)c1ccc(OCc2ccccc2C#N)cc1.C=CCNC(=S)N/N=C(\C)c1ccc(OCc2ccc(C(F)(F)F)cc2)cc1.C=CCNC(=S)N/N=C(\C)c1ccc(OCc2ccc(F)c(F)c2)cc1.C=CCNC(=S)N/N=C(\C)c1ccc(OCc2ccc(F)cc2F)cc1. The van der Waals surface area contributed by atoms with Crippen LogP contribution in [-0.2, 0) is 49.0 Å². The van der Waals surface area contributed by atoms with Crippen molar-refractivity contribution in [1.82, 2.24) is 43.1 Å². The summed E-state index contributed by atoms with van der Waals surface area (Å²) in [5.41, 5.74) is 35.4. The Kier molecular flexibility index (Phi) is 43.9. The molecule has 0 heterocycles. The largest absolute Gasteiger partial charge is 0.489 e. The molecule has 0 aliphatic carbocycles. The first kappa shape index (κ1) is 105. The van der Waals surface area contributed by atoms with E-state index in [0.717, 1.165) is 104 Å². The van der Waals surface area contributed by atoms with E-state index in [-0.39, 0.29) is 45.4 Å². The molecule has 0 amide bonds. The normalized spacial score (nSPS) is 11.2. The summed E-state index contributed by atoms with van der Waals surface area (Å²) in [6, 6.07) is 73.1. The van der Waals surface area contributed by atoms with E-state index >= 15 is 0 Å². The first-order valence-electron chi connectivity index (χ1n) is 40.1. The van der Waals surface area contributed by atoms with E-state index < -0.39 is 44.8 Å². The Morgan fingerprint density at radius 3 is 1.05 bits per heavy atom. The van der Waals surface area contributed by atoms with Gasteiger partial charge in [0.25, 0.3) is 0 Å². The Morgan fingerprint density at radius 1 is 0.383 bits per heavy atom. The number of halogens is 7. The number of hydrogen-bond donors (Lipinski definition) is 10. The number of nitriles is 1. The number of sulfone groups is 1. The zero-order valence-corrected chi connectivity index (χ0v) is 77.5. The van der Waals surface area contributed by atoms with Gasteiger partial charge in [0, 0.05) is 36.8 Å². The molecule has 0 radical (unpaired) electrons. The molecule has 23 nitrogen and oxygen atoms in total. The summed E-state index contributed by atoms with van der Waals surface area (Å²) in [7, 11) is -3.52. The molecule has 690 valence electrons. The van der Waals surface area contributed by atoms with Gasteiger partial charge < -0.3 is 51.1 Å². The minimum atomic E-state index is -4.34. The van der Waals surface area contributed by atoms with E-state index in [1.807, 2.05) is 138 Å². The van der Waals surface area contributed by atoms with Crippen molar-refractivity contribution in [2.24, 2.45) is 37.0 Å². The van der Waals surface area contributed by atoms with Crippen LogP contribution in [0.2, 0.25) is 0 Å². The number of ether oxygens (including phenoxy) is 5. The quantitative estimate of drug-likeness (QED) is 0.00601. The van der Waals surface area contributed by atoms with Gasteiger partial charge in [0.2, 0.25) is 9.84 Å². The van der Waals surface area contributed by atoms with E-state index in [0.29, 0.717) is 87.9 Å². The summed E-state index contributed by atoms with van der Waals surface area (Å²) < 4.78 is 144. The molecule has 0 aromatic heterocycles. The highest BCUT2D eigenvalue weighted by atomic mass is 32.2. The van der Waals surface area contributed by atoms with Gasteiger partial charge in [-0.1, -0.05) is 85.0 Å². The molecular weight excluding hydrogens is 1830 g/mol. The minimum Gasteiger partial charge on any atom is -0.489 e. The first-order valence-corrected chi connectivity index (χ1v) is 43.6. The topological polar surface area (TPSA) is 314 Å². The smallest absolute Gasteiger partial charge is 0.416 e. The number of benzene rings is 11. The number of thiocarbonyl (C=S) groups is 5. The lowest BCUT2D eigenvalue weighted by Crippen LogP contribution is -2.32. The van der Waals surface area contributed by atoms with Gasteiger partial charge in [-0.2, -0.15) is 43.9 Å². The lowest BCUT2D eigenvalue weighted by Gasteiger charge is -2.10. The second-order valence-corrected chi connectivity index (χ2v) is 31.8. The first-order chi connectivity index (χ1) is 63.7. The van der Waals surface area contributed by atoms with Crippen molar-refractivity contribution in [2.45, 2.75) is 83.6 Å². The predicted molar refractivity (Wildman–Crippen MR) is 530 cm³/mol. The summed E-state index contributed by atoms with van der Waals surface area (Å²) in [4.78, 5) is 0.526. The summed E-state index contributed by atoms with van der Waals surface area (Å²) in [6.45, 7) is 22.7. The van der Waals surface area contributed by atoms with Crippen LogP contribution < -0.4 is 78.2 Å². The zero-order valence-electron chi connectivity index (χ0n) is 72.6. The molecule has 11 rings (SSSR count). The molecule has 0 aliphatic rings. The lowest BCUT2D eigenvalue weighted by molar-refractivity contribution is -0.137. The Labute approximate surface area is 794 Å². The van der Waals surface area contributed by atoms with Gasteiger partial charge in [0.05, 0.1) is 55.5 Å². The fourth-order valence-corrected chi connectivity index (χ4v) is 12.5. The van der Waals surface area contributed by atoms with Crippen LogP contribution in [0.15, 0.2) is 334 Å². The third kappa shape index (κ3) is 38.2. The van der Waals surface area contributed by atoms with Crippen molar-refractivity contribution in [3.8, 4) is 34.8 Å². The van der Waals surface area contributed by atoms with Gasteiger partial charge in [0.1, 0.15) is 73.4 Å². The number of rotatable bonds is 33. The fraction of sp³-hybridized carbons (Fsp3) is 0.144. The molecule has 0 bridgehead atoms. The van der Waals surface area contributed by atoms with Crippen LogP contribution in [0.5, 0.6) is 28.7 Å². The molecule has 0 saturated heterocycles. The van der Waals surface area contributed by atoms with Crippen LogP contribution in [0, 0.1) is 34.6 Å². The van der Waals surface area contributed by atoms with Crippen molar-refractivity contribution in [1.29, 1.82) is 5.26 Å². The molecule has 0 saturated carbocycles. The van der Waals surface area contributed by atoms with Crippen molar-refractivity contribution < 1.29 is 62.8 Å². The molecule has 0 atom stereocenters. The minimum absolute atomic E-state index is 0.0172. The fourth-order valence-electron chi connectivity index (χ4n) is 10.7. The molecule has 133 heavy (non-hydrogen) atoms. The summed E-state index contributed by atoms with van der Waals surface area (Å²) in [6.07, 6.45) is 0.744. The zero-order chi connectivity index (χ0) is 96.7. The Balaban J connectivity index is 0.000000228. The van der Waals surface area contributed by atoms with Crippen LogP contribution in [0.4, 0.5) is 30.7 Å². The maximum Gasteiger partial charge on any atom is 0.416 e. The second-order valence-electron chi connectivity index (χ2n) is 27.7. The molecule has 11 aromatic rings. The van der Waals surface area contributed by atoms with Gasteiger partial charge in [0.15, 0.2) is 37.2 Å². The van der Waals surface area contributed by atoms with Gasteiger partial charge >= 0.3 is 6.18 Å². The van der Waals surface area contributed by atoms with Crippen molar-refractivity contribution in [2.75, 3.05) is 19.6 Å². The van der Waals surface area contributed by atoms with Gasteiger partial charge in [-0.25, -0.2) is 26.0 Å². The average Bonchev–Trinajstić information content (AvgIpc) is 0.803. The van der Waals surface area contributed by atoms with Gasteiger partial charge in [-0.15, -0.1) is 19.7 Å².